The minimum atomic E-state index is -0.711. The van der Waals surface area contributed by atoms with Gasteiger partial charge >= 0.3 is 5.97 Å². The highest BCUT2D eigenvalue weighted by atomic mass is 16.6. The summed E-state index contributed by atoms with van der Waals surface area (Å²) in [4.78, 5) is 22.2. The molecule has 1 heterocycles. The zero-order valence-corrected chi connectivity index (χ0v) is 13.8. The quantitative estimate of drug-likeness (QED) is 0.295. The fourth-order valence-electron chi connectivity index (χ4n) is 2.57. The van der Waals surface area contributed by atoms with Crippen molar-refractivity contribution in [1.29, 1.82) is 0 Å². The van der Waals surface area contributed by atoms with Crippen LogP contribution in [0.1, 0.15) is 77.6 Å². The van der Waals surface area contributed by atoms with E-state index in [2.05, 4.69) is 6.92 Å². The third kappa shape index (κ3) is 8.98. The fourth-order valence-corrected chi connectivity index (χ4v) is 2.57. The van der Waals surface area contributed by atoms with Gasteiger partial charge in [0.05, 0.1) is 6.10 Å². The van der Waals surface area contributed by atoms with Crippen molar-refractivity contribution >= 4 is 11.8 Å². The topological polar surface area (TPSA) is 66.9 Å². The van der Waals surface area contributed by atoms with E-state index in [1.165, 1.54) is 12.8 Å². The Hall–Kier alpha value is -1.16. The van der Waals surface area contributed by atoms with Crippen LogP contribution in [0.25, 0.3) is 0 Å². The van der Waals surface area contributed by atoms with Gasteiger partial charge in [0.2, 0.25) is 0 Å². The summed E-state index contributed by atoms with van der Waals surface area (Å²) in [6.07, 6.45) is 14.3. The van der Waals surface area contributed by atoms with Gasteiger partial charge in [-0.05, 0) is 31.8 Å². The lowest BCUT2D eigenvalue weighted by atomic mass is 10.1. The van der Waals surface area contributed by atoms with E-state index < -0.39 is 5.97 Å². The second-order valence-corrected chi connectivity index (χ2v) is 6.10. The molecular formula is C18H30O4. The predicted molar refractivity (Wildman–Crippen MR) is 86.9 cm³/mol. The van der Waals surface area contributed by atoms with Crippen LogP contribution in [0.2, 0.25) is 0 Å². The Balaban J connectivity index is 1.93. The normalized spacial score (nSPS) is 20.4. The number of aliphatic carboxylic acids is 1. The molecule has 0 aromatic heterocycles. The van der Waals surface area contributed by atoms with Gasteiger partial charge < -0.3 is 9.84 Å². The highest BCUT2D eigenvalue weighted by Crippen LogP contribution is 2.28. The third-order valence-corrected chi connectivity index (χ3v) is 4.00. The van der Waals surface area contributed by atoms with Crippen molar-refractivity contribution in [2.45, 2.75) is 89.8 Å². The molecule has 0 bridgehead atoms. The Bertz CT molecular complexity index is 362. The van der Waals surface area contributed by atoms with Crippen LogP contribution < -0.4 is 0 Å². The molecule has 2 atom stereocenters. The number of carboxylic acid groups (broad SMARTS) is 1. The number of allylic oxidation sites excluding steroid dienone is 1. The van der Waals surface area contributed by atoms with Crippen LogP contribution in [0.5, 0.6) is 0 Å². The van der Waals surface area contributed by atoms with Crippen molar-refractivity contribution in [3.8, 4) is 0 Å². The van der Waals surface area contributed by atoms with E-state index in [1.807, 2.05) is 6.08 Å². The van der Waals surface area contributed by atoms with Gasteiger partial charge in [-0.25, -0.2) is 0 Å². The Kier molecular flexibility index (Phi) is 9.80. The first-order valence-corrected chi connectivity index (χ1v) is 8.72. The summed E-state index contributed by atoms with van der Waals surface area (Å²) in [5.74, 6) is -0.598. The maximum absolute atomic E-state index is 11.8. The van der Waals surface area contributed by atoms with E-state index in [9.17, 15) is 9.59 Å². The Morgan fingerprint density at radius 1 is 1.05 bits per heavy atom. The summed E-state index contributed by atoms with van der Waals surface area (Å²) in [6.45, 7) is 2.17. The summed E-state index contributed by atoms with van der Waals surface area (Å²) in [5.41, 5.74) is 0. The van der Waals surface area contributed by atoms with Crippen LogP contribution in [0, 0.1) is 0 Å². The number of carbonyl (C=O) groups is 2. The molecule has 1 N–H and O–H groups in total. The molecule has 0 amide bonds. The van der Waals surface area contributed by atoms with E-state index >= 15 is 0 Å². The van der Waals surface area contributed by atoms with Crippen molar-refractivity contribution in [2.24, 2.45) is 0 Å². The predicted octanol–water partition coefficient (Wildman–Crippen LogP) is 4.27. The molecule has 0 aliphatic carbocycles. The van der Waals surface area contributed by atoms with Crippen LogP contribution in [0.15, 0.2) is 12.2 Å². The lowest BCUT2D eigenvalue weighted by Gasteiger charge is -1.98. The largest absolute Gasteiger partial charge is 0.481 e. The summed E-state index contributed by atoms with van der Waals surface area (Å²) in [6, 6.07) is 0. The number of carbonyl (C=O) groups excluding carboxylic acids is 1. The van der Waals surface area contributed by atoms with Crippen LogP contribution in [0.3, 0.4) is 0 Å². The van der Waals surface area contributed by atoms with Gasteiger partial charge in [-0.2, -0.15) is 0 Å². The summed E-state index contributed by atoms with van der Waals surface area (Å²) in [7, 11) is 0. The second kappa shape index (κ2) is 11.4. The van der Waals surface area contributed by atoms with Crippen molar-refractivity contribution in [1.82, 2.24) is 0 Å². The molecule has 0 spiro atoms. The van der Waals surface area contributed by atoms with E-state index in [4.69, 9.17) is 9.84 Å². The lowest BCUT2D eigenvalue weighted by molar-refractivity contribution is -0.137. The molecular weight excluding hydrogens is 280 g/mol. The average molecular weight is 310 g/mol. The van der Waals surface area contributed by atoms with Gasteiger partial charge in [0.1, 0.15) is 6.10 Å². The SMILES string of the molecule is CCCCCC1OC1C(=O)/C=C\CCCCCCCC(=O)O. The maximum Gasteiger partial charge on any atom is 0.303 e. The Morgan fingerprint density at radius 3 is 2.50 bits per heavy atom. The van der Waals surface area contributed by atoms with Crippen molar-refractivity contribution in [2.75, 3.05) is 0 Å². The number of hydrogen-bond acceptors (Lipinski definition) is 3. The van der Waals surface area contributed by atoms with Gasteiger partial charge in [0.15, 0.2) is 5.78 Å². The molecule has 4 heteroatoms. The molecule has 1 aliphatic heterocycles. The molecule has 1 fully saturated rings. The molecule has 0 aromatic rings. The molecule has 0 radical (unpaired) electrons. The third-order valence-electron chi connectivity index (χ3n) is 4.00. The molecule has 22 heavy (non-hydrogen) atoms. The Morgan fingerprint density at radius 2 is 1.77 bits per heavy atom. The van der Waals surface area contributed by atoms with Gasteiger partial charge in [0, 0.05) is 6.42 Å². The standard InChI is InChI=1S/C18H30O4/c1-2-3-9-13-16-18(22-16)15(19)12-10-7-5-4-6-8-11-14-17(20)21/h10,12,16,18H,2-9,11,13-14H2,1H3,(H,20,21)/b12-10-. The lowest BCUT2D eigenvalue weighted by Crippen LogP contribution is -2.06. The molecule has 4 nitrogen and oxygen atoms in total. The van der Waals surface area contributed by atoms with Crippen LogP contribution in [-0.4, -0.2) is 29.1 Å². The number of hydrogen-bond donors (Lipinski definition) is 1. The van der Waals surface area contributed by atoms with Gasteiger partial charge in [-0.15, -0.1) is 0 Å². The highest BCUT2D eigenvalue weighted by Gasteiger charge is 2.42. The van der Waals surface area contributed by atoms with Crippen LogP contribution in [0.4, 0.5) is 0 Å². The summed E-state index contributed by atoms with van der Waals surface area (Å²) < 4.78 is 5.42. The van der Waals surface area contributed by atoms with Gasteiger partial charge in [-0.3, -0.25) is 9.59 Å². The molecule has 1 rings (SSSR count). The Labute approximate surface area is 133 Å². The maximum atomic E-state index is 11.8. The van der Waals surface area contributed by atoms with Gasteiger partial charge in [0.25, 0.3) is 0 Å². The van der Waals surface area contributed by atoms with Crippen LogP contribution >= 0.6 is 0 Å². The number of rotatable bonds is 14. The molecule has 1 saturated heterocycles. The van der Waals surface area contributed by atoms with Crippen molar-refractivity contribution in [3.05, 3.63) is 12.2 Å². The minimum absolute atomic E-state index is 0.114. The highest BCUT2D eigenvalue weighted by molar-refractivity contribution is 5.95. The first kappa shape index (κ1) is 18.9. The van der Waals surface area contributed by atoms with E-state index in [-0.39, 0.29) is 24.4 Å². The van der Waals surface area contributed by atoms with E-state index in [0.29, 0.717) is 0 Å². The number of ketones is 1. The van der Waals surface area contributed by atoms with Crippen molar-refractivity contribution in [3.63, 3.8) is 0 Å². The molecule has 0 aromatic carbocycles. The van der Waals surface area contributed by atoms with E-state index in [0.717, 1.165) is 51.4 Å². The fraction of sp³-hybridized carbons (Fsp3) is 0.778. The molecule has 1 aliphatic rings. The summed E-state index contributed by atoms with van der Waals surface area (Å²) >= 11 is 0. The molecule has 0 saturated carbocycles. The zero-order valence-electron chi connectivity index (χ0n) is 13.8. The first-order chi connectivity index (χ1) is 10.6. The number of unbranched alkanes of at least 4 members (excludes halogenated alkanes) is 7. The van der Waals surface area contributed by atoms with E-state index in [1.54, 1.807) is 6.08 Å². The van der Waals surface area contributed by atoms with Gasteiger partial charge in [-0.1, -0.05) is 51.5 Å². The zero-order chi connectivity index (χ0) is 16.2. The second-order valence-electron chi connectivity index (χ2n) is 6.10. The smallest absolute Gasteiger partial charge is 0.303 e. The number of carboxylic acids is 1. The summed E-state index contributed by atoms with van der Waals surface area (Å²) in [5, 5.41) is 8.52. The van der Waals surface area contributed by atoms with Crippen LogP contribution in [-0.2, 0) is 14.3 Å². The molecule has 2 unspecified atom stereocenters. The number of epoxide rings is 1. The monoisotopic (exact) mass is 310 g/mol. The first-order valence-electron chi connectivity index (χ1n) is 8.72. The average Bonchev–Trinajstić information content (AvgIpc) is 3.25. The molecule has 126 valence electrons. The minimum Gasteiger partial charge on any atom is -0.481 e. The number of ether oxygens (including phenoxy) is 1. The van der Waals surface area contributed by atoms with Crippen molar-refractivity contribution < 1.29 is 19.4 Å².